The molecule has 0 aliphatic heterocycles. The predicted molar refractivity (Wildman–Crippen MR) is 164 cm³/mol. The van der Waals surface area contributed by atoms with E-state index in [0.717, 1.165) is 11.9 Å². The molecular formula is C27H28ClN9O8. The van der Waals surface area contributed by atoms with Crippen molar-refractivity contribution in [2.24, 2.45) is 0 Å². The number of nitrogens with one attached hydrogen (secondary N) is 2. The van der Waals surface area contributed by atoms with E-state index < -0.39 is 21.8 Å². The summed E-state index contributed by atoms with van der Waals surface area (Å²) >= 11 is 5.53. The molecule has 18 heteroatoms. The van der Waals surface area contributed by atoms with Gasteiger partial charge in [0.15, 0.2) is 0 Å². The highest BCUT2D eigenvalue weighted by Crippen LogP contribution is 2.24. The molecule has 4 N–H and O–H groups in total. The normalized spacial score (nSPS) is 9.71. The molecule has 2 aromatic heterocycles. The Bertz CT molecular complexity index is 1670. The molecule has 0 saturated heterocycles. The van der Waals surface area contributed by atoms with Gasteiger partial charge in [-0.25, -0.2) is 29.5 Å². The fourth-order valence-corrected chi connectivity index (χ4v) is 3.52. The third-order valence-electron chi connectivity index (χ3n) is 5.59. The van der Waals surface area contributed by atoms with Gasteiger partial charge in [-0.1, -0.05) is 17.7 Å². The summed E-state index contributed by atoms with van der Waals surface area (Å²) in [6.07, 6.45) is 3.05. The van der Waals surface area contributed by atoms with Crippen molar-refractivity contribution in [1.82, 2.24) is 19.9 Å². The average molecular weight is 642 g/mol. The van der Waals surface area contributed by atoms with Gasteiger partial charge in [-0.3, -0.25) is 20.2 Å². The van der Waals surface area contributed by atoms with Gasteiger partial charge in [0.1, 0.15) is 35.1 Å². The quantitative estimate of drug-likeness (QED) is 0.0811. The Balaban J connectivity index is 0.000000261. The van der Waals surface area contributed by atoms with Gasteiger partial charge in [0.25, 0.3) is 11.4 Å². The van der Waals surface area contributed by atoms with Crippen LogP contribution in [0.15, 0.2) is 61.2 Å². The number of hydrogen-bond acceptors (Lipinski definition) is 15. The number of carbonyl (C=O) groups is 2. The fourth-order valence-electron chi connectivity index (χ4n) is 3.37. The fraction of sp³-hybridized carbons (Fsp3) is 0.185. The van der Waals surface area contributed by atoms with Crippen molar-refractivity contribution in [2.45, 2.75) is 6.42 Å². The van der Waals surface area contributed by atoms with E-state index in [2.05, 4.69) is 40.0 Å². The first-order chi connectivity index (χ1) is 21.4. The molecule has 45 heavy (non-hydrogen) atoms. The van der Waals surface area contributed by atoms with Gasteiger partial charge in [0.2, 0.25) is 0 Å². The smallest absolute Gasteiger partial charge is 0.338 e. The standard InChI is InChI=1S/C14H14N4O4.C8H8N2O4.C5H6ClN3/c1-15-13-7-11(16-8-17-13)5-9-3-4-10(14(19)22-2)6-12(9)18(20)21;1-14-8(11)5-2-3-6(9)7(4-5)10(12)13;1-7-5-2-4(6)8-3-9-5/h3-4,6-8H,5H2,1-2H3,(H,15,16,17);2-4H,9H2,1H3;2-3H,1H3,(H,7,8,9). The van der Waals surface area contributed by atoms with Gasteiger partial charge in [0.05, 0.1) is 40.9 Å². The van der Waals surface area contributed by atoms with Crippen LogP contribution in [0.5, 0.6) is 0 Å². The summed E-state index contributed by atoms with van der Waals surface area (Å²) in [5, 5.41) is 27.8. The lowest BCUT2D eigenvalue weighted by atomic mass is 10.0. The van der Waals surface area contributed by atoms with E-state index in [1.54, 1.807) is 26.2 Å². The number of anilines is 3. The Labute approximate surface area is 261 Å². The zero-order valence-electron chi connectivity index (χ0n) is 24.4. The van der Waals surface area contributed by atoms with E-state index in [0.29, 0.717) is 22.2 Å². The maximum Gasteiger partial charge on any atom is 0.338 e. The molecule has 0 spiro atoms. The average Bonchev–Trinajstić information content (AvgIpc) is 3.04. The highest BCUT2D eigenvalue weighted by atomic mass is 35.5. The number of methoxy groups -OCH3 is 2. The molecular weight excluding hydrogens is 614 g/mol. The van der Waals surface area contributed by atoms with Gasteiger partial charge < -0.3 is 25.8 Å². The SMILES string of the molecule is CNc1cc(Cc2ccc(C(=O)OC)cc2[N+](=O)[O-])ncn1.CNc1cc(Cl)ncn1.COC(=O)c1ccc(N)c([N+](=O)[O-])c1. The molecule has 0 aliphatic carbocycles. The summed E-state index contributed by atoms with van der Waals surface area (Å²) < 4.78 is 8.98. The maximum absolute atomic E-state index is 11.5. The summed E-state index contributed by atoms with van der Waals surface area (Å²) in [6.45, 7) is 0. The molecule has 236 valence electrons. The van der Waals surface area contributed by atoms with E-state index in [-0.39, 0.29) is 34.6 Å². The molecule has 4 rings (SSSR count). The maximum atomic E-state index is 11.5. The number of nitro groups is 2. The number of esters is 2. The lowest BCUT2D eigenvalue weighted by Crippen LogP contribution is -2.05. The molecule has 17 nitrogen and oxygen atoms in total. The minimum Gasteiger partial charge on any atom is -0.465 e. The van der Waals surface area contributed by atoms with Crippen LogP contribution in [0.25, 0.3) is 0 Å². The predicted octanol–water partition coefficient (Wildman–Crippen LogP) is 3.94. The van der Waals surface area contributed by atoms with Crippen LogP contribution in [0, 0.1) is 20.2 Å². The largest absolute Gasteiger partial charge is 0.465 e. The minimum absolute atomic E-state index is 0.0163. The number of nitrogens with two attached hydrogens (primary N) is 1. The van der Waals surface area contributed by atoms with Crippen LogP contribution in [0.1, 0.15) is 32.0 Å². The van der Waals surface area contributed by atoms with Crippen LogP contribution in [0.2, 0.25) is 5.15 Å². The number of nitrogen functional groups attached to an aromatic ring is 1. The number of halogens is 1. The number of nitrogens with zero attached hydrogens (tertiary/aromatic N) is 6. The van der Waals surface area contributed by atoms with Crippen LogP contribution >= 0.6 is 11.6 Å². The highest BCUT2D eigenvalue weighted by Gasteiger charge is 2.19. The second kappa shape index (κ2) is 17.2. The Morgan fingerprint density at radius 1 is 0.800 bits per heavy atom. The molecule has 0 bridgehead atoms. The Morgan fingerprint density at radius 2 is 1.31 bits per heavy atom. The van der Waals surface area contributed by atoms with Crippen molar-refractivity contribution in [3.05, 3.63) is 109 Å². The monoisotopic (exact) mass is 641 g/mol. The molecule has 0 saturated carbocycles. The van der Waals surface area contributed by atoms with Crippen molar-refractivity contribution in [2.75, 3.05) is 44.7 Å². The molecule has 0 amide bonds. The Kier molecular flexibility index (Phi) is 13.5. The lowest BCUT2D eigenvalue weighted by molar-refractivity contribution is -0.385. The molecule has 0 radical (unpaired) electrons. The topological polar surface area (TPSA) is 241 Å². The van der Waals surface area contributed by atoms with Gasteiger partial charge >= 0.3 is 11.9 Å². The van der Waals surface area contributed by atoms with Crippen LogP contribution in [-0.2, 0) is 15.9 Å². The number of rotatable bonds is 8. The summed E-state index contributed by atoms with van der Waals surface area (Å²) in [7, 11) is 5.92. The van der Waals surface area contributed by atoms with E-state index >= 15 is 0 Å². The van der Waals surface area contributed by atoms with Crippen LogP contribution in [0.4, 0.5) is 28.7 Å². The number of ether oxygens (including phenoxy) is 2. The molecule has 0 aliphatic rings. The first-order valence-electron chi connectivity index (χ1n) is 12.6. The van der Waals surface area contributed by atoms with Crippen LogP contribution in [0.3, 0.4) is 0 Å². The van der Waals surface area contributed by atoms with Crippen molar-refractivity contribution in [3.8, 4) is 0 Å². The first kappa shape index (κ1) is 35.2. The first-order valence-corrected chi connectivity index (χ1v) is 12.9. The summed E-state index contributed by atoms with van der Waals surface area (Å²) in [4.78, 5) is 58.6. The van der Waals surface area contributed by atoms with Gasteiger partial charge in [0, 0.05) is 50.3 Å². The molecule has 0 atom stereocenters. The van der Waals surface area contributed by atoms with Crippen molar-refractivity contribution >= 4 is 52.2 Å². The van der Waals surface area contributed by atoms with Crippen molar-refractivity contribution < 1.29 is 28.9 Å². The van der Waals surface area contributed by atoms with Crippen LogP contribution < -0.4 is 16.4 Å². The molecule has 2 aromatic carbocycles. The molecule has 0 unspecified atom stereocenters. The highest BCUT2D eigenvalue weighted by molar-refractivity contribution is 6.29. The van der Waals surface area contributed by atoms with E-state index in [1.807, 2.05) is 0 Å². The molecule has 4 aromatic rings. The van der Waals surface area contributed by atoms with E-state index in [4.69, 9.17) is 17.3 Å². The number of carbonyl (C=O) groups excluding carboxylic acids is 2. The second-order valence-electron chi connectivity index (χ2n) is 8.41. The number of aromatic nitrogens is 4. The van der Waals surface area contributed by atoms with Gasteiger partial charge in [-0.2, -0.15) is 0 Å². The third-order valence-corrected chi connectivity index (χ3v) is 5.80. The number of nitro benzene ring substituents is 2. The van der Waals surface area contributed by atoms with Crippen molar-refractivity contribution in [1.29, 1.82) is 0 Å². The zero-order valence-corrected chi connectivity index (χ0v) is 25.1. The summed E-state index contributed by atoms with van der Waals surface area (Å²) in [6, 6.07) is 11.3. The van der Waals surface area contributed by atoms with E-state index in [9.17, 15) is 29.8 Å². The second-order valence-corrected chi connectivity index (χ2v) is 8.80. The van der Waals surface area contributed by atoms with Gasteiger partial charge in [-0.05, 0) is 18.2 Å². The lowest BCUT2D eigenvalue weighted by Gasteiger charge is -2.06. The minimum atomic E-state index is -0.651. The summed E-state index contributed by atoms with van der Waals surface area (Å²) in [5.74, 6) is 0.107. The van der Waals surface area contributed by atoms with Crippen molar-refractivity contribution in [3.63, 3.8) is 0 Å². The summed E-state index contributed by atoms with van der Waals surface area (Å²) in [5.41, 5.74) is 6.24. The Hall–Kier alpha value is -5.97. The number of hydrogen-bond donors (Lipinski definition) is 3. The van der Waals surface area contributed by atoms with E-state index in [1.165, 1.54) is 57.2 Å². The molecule has 0 fully saturated rings. The number of benzene rings is 2. The zero-order chi connectivity index (χ0) is 33.5. The molecule has 2 heterocycles. The van der Waals surface area contributed by atoms with Crippen LogP contribution in [-0.4, -0.2) is 70.0 Å². The Morgan fingerprint density at radius 3 is 1.80 bits per heavy atom. The third kappa shape index (κ3) is 10.7. The van der Waals surface area contributed by atoms with Gasteiger partial charge in [-0.15, -0.1) is 0 Å².